The molecule has 2 saturated carbocycles. The Morgan fingerprint density at radius 1 is 1.29 bits per heavy atom. The molecule has 4 unspecified atom stereocenters. The van der Waals surface area contributed by atoms with E-state index in [0.29, 0.717) is 23.3 Å². The van der Waals surface area contributed by atoms with Crippen molar-refractivity contribution in [2.75, 3.05) is 0 Å². The molecule has 2 rings (SSSR count). The Hall–Kier alpha value is -0.830. The maximum absolute atomic E-state index is 11.6. The SMILES string of the molecule is C=C(C)C(=O)OC(C)(C)C1CC2CC1CC2O. The molecule has 0 aromatic heterocycles. The van der Waals surface area contributed by atoms with Gasteiger partial charge in [0, 0.05) is 11.5 Å². The maximum Gasteiger partial charge on any atom is 0.333 e. The Balaban J connectivity index is 2.03. The van der Waals surface area contributed by atoms with E-state index in [4.69, 9.17) is 4.74 Å². The minimum atomic E-state index is -0.449. The van der Waals surface area contributed by atoms with Crippen molar-refractivity contribution < 1.29 is 14.6 Å². The van der Waals surface area contributed by atoms with Crippen molar-refractivity contribution >= 4 is 5.97 Å². The van der Waals surface area contributed by atoms with Gasteiger partial charge >= 0.3 is 5.97 Å². The number of carbonyl (C=O) groups excluding carboxylic acids is 1. The molecule has 0 aromatic rings. The summed E-state index contributed by atoms with van der Waals surface area (Å²) in [4.78, 5) is 11.6. The molecule has 2 aliphatic carbocycles. The third-order valence-electron chi connectivity index (χ3n) is 4.42. The van der Waals surface area contributed by atoms with E-state index in [0.717, 1.165) is 19.3 Å². The molecule has 2 aliphatic rings. The van der Waals surface area contributed by atoms with E-state index in [-0.39, 0.29) is 12.1 Å². The Morgan fingerprint density at radius 3 is 2.35 bits per heavy atom. The van der Waals surface area contributed by atoms with E-state index in [1.807, 2.05) is 13.8 Å². The molecule has 0 spiro atoms. The van der Waals surface area contributed by atoms with E-state index in [9.17, 15) is 9.90 Å². The Labute approximate surface area is 103 Å². The molecule has 4 atom stereocenters. The summed E-state index contributed by atoms with van der Waals surface area (Å²) >= 11 is 0. The van der Waals surface area contributed by atoms with Crippen molar-refractivity contribution in [2.45, 2.75) is 51.7 Å². The van der Waals surface area contributed by atoms with Crippen LogP contribution in [0.3, 0.4) is 0 Å². The highest BCUT2D eigenvalue weighted by atomic mass is 16.6. The summed E-state index contributed by atoms with van der Waals surface area (Å²) in [7, 11) is 0. The van der Waals surface area contributed by atoms with Crippen LogP contribution in [-0.4, -0.2) is 22.8 Å². The maximum atomic E-state index is 11.6. The lowest BCUT2D eigenvalue weighted by atomic mass is 9.77. The summed E-state index contributed by atoms with van der Waals surface area (Å²) in [5.41, 5.74) is -0.00320. The standard InChI is InChI=1S/C14H22O3/c1-8(2)13(16)17-14(3,4)11-6-10-5-9(11)7-12(10)15/h9-12,15H,1,5-7H2,2-4H3. The molecule has 0 heterocycles. The highest BCUT2D eigenvalue weighted by molar-refractivity contribution is 5.87. The van der Waals surface area contributed by atoms with Gasteiger partial charge in [-0.3, -0.25) is 0 Å². The molecule has 96 valence electrons. The van der Waals surface area contributed by atoms with Crippen molar-refractivity contribution in [3.8, 4) is 0 Å². The molecule has 3 nitrogen and oxygen atoms in total. The van der Waals surface area contributed by atoms with Crippen LogP contribution in [0.4, 0.5) is 0 Å². The van der Waals surface area contributed by atoms with E-state index >= 15 is 0 Å². The number of hydrogen-bond donors (Lipinski definition) is 1. The summed E-state index contributed by atoms with van der Waals surface area (Å²) in [6, 6.07) is 0. The number of aliphatic hydroxyl groups is 1. The summed E-state index contributed by atoms with van der Waals surface area (Å²) in [5, 5.41) is 9.75. The first kappa shape index (κ1) is 12.6. The fourth-order valence-electron chi connectivity index (χ4n) is 3.50. The quantitative estimate of drug-likeness (QED) is 0.606. The van der Waals surface area contributed by atoms with Gasteiger partial charge in [-0.05, 0) is 51.9 Å². The second-order valence-electron chi connectivity index (χ2n) is 6.17. The number of esters is 1. The smallest absolute Gasteiger partial charge is 0.333 e. The molecule has 0 saturated heterocycles. The molecule has 0 amide bonds. The number of fused-ring (bicyclic) bond motifs is 2. The van der Waals surface area contributed by atoms with Crippen LogP contribution < -0.4 is 0 Å². The average molecular weight is 238 g/mol. The van der Waals surface area contributed by atoms with E-state index in [1.54, 1.807) is 6.92 Å². The van der Waals surface area contributed by atoms with Crippen LogP contribution in [0.25, 0.3) is 0 Å². The molecule has 3 heteroatoms. The van der Waals surface area contributed by atoms with E-state index in [1.165, 1.54) is 0 Å². The van der Waals surface area contributed by atoms with Crippen LogP contribution in [0.2, 0.25) is 0 Å². The van der Waals surface area contributed by atoms with Gasteiger partial charge in [-0.25, -0.2) is 4.79 Å². The third-order valence-corrected chi connectivity index (χ3v) is 4.42. The summed E-state index contributed by atoms with van der Waals surface area (Å²) in [6.07, 6.45) is 2.79. The number of aliphatic hydroxyl groups excluding tert-OH is 1. The molecule has 1 N–H and O–H groups in total. The van der Waals surface area contributed by atoms with E-state index in [2.05, 4.69) is 6.58 Å². The van der Waals surface area contributed by atoms with Crippen LogP contribution in [0.15, 0.2) is 12.2 Å². The number of ether oxygens (including phenoxy) is 1. The molecule has 0 radical (unpaired) electrons. The van der Waals surface area contributed by atoms with Gasteiger partial charge in [0.15, 0.2) is 0 Å². The van der Waals surface area contributed by atoms with Gasteiger partial charge in [0.25, 0.3) is 0 Å². The van der Waals surface area contributed by atoms with Crippen LogP contribution in [-0.2, 0) is 9.53 Å². The minimum Gasteiger partial charge on any atom is -0.456 e. The molecule has 2 bridgehead atoms. The first-order valence-electron chi connectivity index (χ1n) is 6.38. The molecule has 0 aliphatic heterocycles. The van der Waals surface area contributed by atoms with Gasteiger partial charge in [-0.1, -0.05) is 6.58 Å². The Morgan fingerprint density at radius 2 is 1.94 bits per heavy atom. The predicted octanol–water partition coefficient (Wildman–Crippen LogP) is 2.29. The lowest BCUT2D eigenvalue weighted by Gasteiger charge is -2.37. The van der Waals surface area contributed by atoms with Crippen molar-refractivity contribution in [3.63, 3.8) is 0 Å². The van der Waals surface area contributed by atoms with Gasteiger partial charge in [-0.2, -0.15) is 0 Å². The highest BCUT2D eigenvalue weighted by Crippen LogP contribution is 2.53. The van der Waals surface area contributed by atoms with Crippen LogP contribution >= 0.6 is 0 Å². The molecule has 0 aromatic carbocycles. The fourth-order valence-corrected chi connectivity index (χ4v) is 3.50. The molecular weight excluding hydrogens is 216 g/mol. The zero-order valence-corrected chi connectivity index (χ0v) is 10.9. The van der Waals surface area contributed by atoms with Crippen LogP contribution in [0.5, 0.6) is 0 Å². The topological polar surface area (TPSA) is 46.5 Å². The first-order chi connectivity index (χ1) is 7.81. The van der Waals surface area contributed by atoms with Crippen LogP contribution in [0.1, 0.15) is 40.0 Å². The Bertz CT molecular complexity index is 343. The highest BCUT2D eigenvalue weighted by Gasteiger charge is 2.51. The number of hydrogen-bond acceptors (Lipinski definition) is 3. The number of carbonyl (C=O) groups is 1. The summed E-state index contributed by atoms with van der Waals surface area (Å²) in [6.45, 7) is 9.24. The zero-order valence-electron chi connectivity index (χ0n) is 10.9. The van der Waals surface area contributed by atoms with Gasteiger partial charge in [0.2, 0.25) is 0 Å². The van der Waals surface area contributed by atoms with Crippen molar-refractivity contribution in [3.05, 3.63) is 12.2 Å². The molecular formula is C14H22O3. The van der Waals surface area contributed by atoms with Crippen molar-refractivity contribution in [1.29, 1.82) is 0 Å². The second-order valence-corrected chi connectivity index (χ2v) is 6.17. The first-order valence-corrected chi connectivity index (χ1v) is 6.38. The summed E-state index contributed by atoms with van der Waals surface area (Å²) in [5.74, 6) is 0.980. The van der Waals surface area contributed by atoms with Crippen molar-refractivity contribution in [1.82, 2.24) is 0 Å². The van der Waals surface area contributed by atoms with Gasteiger partial charge in [-0.15, -0.1) is 0 Å². The third kappa shape index (κ3) is 2.25. The van der Waals surface area contributed by atoms with Gasteiger partial charge in [0.1, 0.15) is 5.60 Å². The second kappa shape index (κ2) is 4.13. The fraction of sp³-hybridized carbons (Fsp3) is 0.786. The van der Waals surface area contributed by atoms with Gasteiger partial charge < -0.3 is 9.84 Å². The Kier molecular flexibility index (Phi) is 3.06. The lowest BCUT2D eigenvalue weighted by molar-refractivity contribution is -0.159. The van der Waals surface area contributed by atoms with E-state index < -0.39 is 5.60 Å². The lowest BCUT2D eigenvalue weighted by Crippen LogP contribution is -2.41. The predicted molar refractivity (Wildman–Crippen MR) is 65.3 cm³/mol. The van der Waals surface area contributed by atoms with Crippen LogP contribution in [0, 0.1) is 17.8 Å². The summed E-state index contributed by atoms with van der Waals surface area (Å²) < 4.78 is 5.55. The minimum absolute atomic E-state index is 0.135. The van der Waals surface area contributed by atoms with Crippen molar-refractivity contribution in [2.24, 2.45) is 17.8 Å². The normalized spacial score (nSPS) is 36.0. The number of rotatable bonds is 3. The molecule has 2 fully saturated rings. The monoisotopic (exact) mass is 238 g/mol. The largest absolute Gasteiger partial charge is 0.456 e. The molecule has 17 heavy (non-hydrogen) atoms. The zero-order chi connectivity index (χ0) is 12.8. The van der Waals surface area contributed by atoms with Gasteiger partial charge in [0.05, 0.1) is 6.10 Å². The average Bonchev–Trinajstić information content (AvgIpc) is 2.75.